The molecule has 2 saturated heterocycles. The van der Waals surface area contributed by atoms with Gasteiger partial charge in [-0.3, -0.25) is 4.90 Å². The first-order valence-corrected chi connectivity index (χ1v) is 9.21. The summed E-state index contributed by atoms with van der Waals surface area (Å²) >= 11 is 0. The van der Waals surface area contributed by atoms with Crippen LogP contribution in [0.3, 0.4) is 0 Å². The maximum Gasteiger partial charge on any atom is 0.0433 e. The van der Waals surface area contributed by atoms with Crippen molar-refractivity contribution in [1.29, 1.82) is 0 Å². The van der Waals surface area contributed by atoms with Crippen LogP contribution in [0.1, 0.15) is 19.3 Å². The molecule has 3 rings (SSSR count). The first-order valence-electron chi connectivity index (χ1n) is 9.21. The lowest BCUT2D eigenvalue weighted by molar-refractivity contribution is 0.138. The molecule has 0 aromatic heterocycles. The van der Waals surface area contributed by atoms with E-state index >= 15 is 0 Å². The van der Waals surface area contributed by atoms with E-state index in [0.29, 0.717) is 6.61 Å². The van der Waals surface area contributed by atoms with Crippen LogP contribution in [0.4, 0.5) is 5.69 Å². The fraction of sp³-hybridized carbons (Fsp3) is 0.684. The van der Waals surface area contributed by atoms with Crippen molar-refractivity contribution >= 4 is 5.69 Å². The predicted molar refractivity (Wildman–Crippen MR) is 96.0 cm³/mol. The third-order valence-electron chi connectivity index (χ3n) is 5.47. The van der Waals surface area contributed by atoms with E-state index < -0.39 is 0 Å². The Bertz CT molecular complexity index is 437. The zero-order chi connectivity index (χ0) is 15.9. The number of piperidine rings is 1. The van der Waals surface area contributed by atoms with E-state index in [1.807, 2.05) is 0 Å². The molecule has 0 aliphatic carbocycles. The van der Waals surface area contributed by atoms with Crippen LogP contribution in [-0.2, 0) is 0 Å². The predicted octanol–water partition coefficient (Wildman–Crippen LogP) is 1.90. The van der Waals surface area contributed by atoms with E-state index in [-0.39, 0.29) is 0 Å². The maximum absolute atomic E-state index is 9.04. The van der Waals surface area contributed by atoms with Crippen LogP contribution in [0.5, 0.6) is 0 Å². The average Bonchev–Trinajstić information content (AvgIpc) is 2.63. The lowest BCUT2D eigenvalue weighted by Gasteiger charge is -2.38. The van der Waals surface area contributed by atoms with Gasteiger partial charge in [0.05, 0.1) is 0 Å². The van der Waals surface area contributed by atoms with Crippen LogP contribution in [0.2, 0.25) is 0 Å². The summed E-state index contributed by atoms with van der Waals surface area (Å²) in [6.45, 7) is 9.83. The molecule has 4 heteroatoms. The van der Waals surface area contributed by atoms with E-state index in [1.54, 1.807) is 0 Å². The average molecular weight is 317 g/mol. The molecule has 23 heavy (non-hydrogen) atoms. The maximum atomic E-state index is 9.04. The first-order chi connectivity index (χ1) is 11.3. The number of piperazine rings is 1. The Kier molecular flexibility index (Phi) is 6.31. The molecule has 1 N–H and O–H groups in total. The number of para-hydroxylation sites is 1. The summed E-state index contributed by atoms with van der Waals surface area (Å²) in [6.07, 6.45) is 3.53. The van der Waals surface area contributed by atoms with Crippen LogP contribution < -0.4 is 4.90 Å². The molecule has 1 aromatic carbocycles. The van der Waals surface area contributed by atoms with Crippen molar-refractivity contribution in [3.63, 3.8) is 0 Å². The van der Waals surface area contributed by atoms with Gasteiger partial charge in [-0.2, -0.15) is 0 Å². The molecule has 0 spiro atoms. The molecule has 2 heterocycles. The van der Waals surface area contributed by atoms with Crippen molar-refractivity contribution < 1.29 is 5.11 Å². The number of aliphatic hydroxyl groups excluding tert-OH is 1. The Morgan fingerprint density at radius 1 is 0.826 bits per heavy atom. The monoisotopic (exact) mass is 317 g/mol. The van der Waals surface area contributed by atoms with Crippen LogP contribution in [0.15, 0.2) is 30.3 Å². The van der Waals surface area contributed by atoms with Gasteiger partial charge in [0.15, 0.2) is 0 Å². The minimum absolute atomic E-state index is 0.357. The Hall–Kier alpha value is -1.10. The summed E-state index contributed by atoms with van der Waals surface area (Å²) in [4.78, 5) is 7.72. The van der Waals surface area contributed by atoms with Crippen LogP contribution >= 0.6 is 0 Å². The Labute approximate surface area is 140 Å². The normalized spacial score (nSPS) is 21.7. The first kappa shape index (κ1) is 16.7. The van der Waals surface area contributed by atoms with Crippen molar-refractivity contribution in [1.82, 2.24) is 9.80 Å². The van der Waals surface area contributed by atoms with Crippen LogP contribution in [-0.4, -0.2) is 73.9 Å². The third-order valence-corrected chi connectivity index (χ3v) is 5.47. The highest BCUT2D eigenvalue weighted by Gasteiger charge is 2.21. The van der Waals surface area contributed by atoms with Crippen LogP contribution in [0, 0.1) is 5.92 Å². The summed E-state index contributed by atoms with van der Waals surface area (Å²) in [5.74, 6) is 0.755. The summed E-state index contributed by atoms with van der Waals surface area (Å²) in [5, 5.41) is 9.04. The lowest BCUT2D eigenvalue weighted by Crippen LogP contribution is -2.49. The second-order valence-corrected chi connectivity index (χ2v) is 6.96. The van der Waals surface area contributed by atoms with Crippen molar-refractivity contribution in [2.45, 2.75) is 19.3 Å². The fourth-order valence-electron chi connectivity index (χ4n) is 3.83. The quantitative estimate of drug-likeness (QED) is 0.868. The Morgan fingerprint density at radius 2 is 1.43 bits per heavy atom. The second kappa shape index (κ2) is 8.67. The number of benzene rings is 1. The van der Waals surface area contributed by atoms with E-state index in [1.165, 1.54) is 57.8 Å². The summed E-state index contributed by atoms with van der Waals surface area (Å²) in [6, 6.07) is 10.8. The van der Waals surface area contributed by atoms with Crippen molar-refractivity contribution in [3.05, 3.63) is 30.3 Å². The molecular formula is C19H31N3O. The minimum Gasteiger partial charge on any atom is -0.396 e. The number of anilines is 1. The molecule has 0 unspecified atom stereocenters. The van der Waals surface area contributed by atoms with Gasteiger partial charge in [0, 0.05) is 51.6 Å². The number of nitrogens with zero attached hydrogens (tertiary/aromatic N) is 3. The van der Waals surface area contributed by atoms with Crippen LogP contribution in [0.25, 0.3) is 0 Å². The van der Waals surface area contributed by atoms with Crippen molar-refractivity contribution in [2.75, 3.05) is 63.9 Å². The van der Waals surface area contributed by atoms with E-state index in [4.69, 9.17) is 5.11 Å². The van der Waals surface area contributed by atoms with Gasteiger partial charge in [-0.1, -0.05) is 18.2 Å². The molecule has 128 valence electrons. The number of rotatable bonds is 6. The second-order valence-electron chi connectivity index (χ2n) is 6.96. The largest absolute Gasteiger partial charge is 0.396 e. The fourth-order valence-corrected chi connectivity index (χ4v) is 3.83. The number of likely N-dealkylation sites (tertiary alicyclic amines) is 1. The summed E-state index contributed by atoms with van der Waals surface area (Å²) < 4.78 is 0. The minimum atomic E-state index is 0.357. The standard InChI is InChI=1S/C19H31N3O/c23-17-8-18-6-9-20(10-7-18)11-12-21-13-15-22(16-14-21)19-4-2-1-3-5-19/h1-5,18,23H,6-17H2. The zero-order valence-electron chi connectivity index (χ0n) is 14.2. The van der Waals surface area contributed by atoms with E-state index in [2.05, 4.69) is 45.0 Å². The highest BCUT2D eigenvalue weighted by molar-refractivity contribution is 5.46. The molecule has 0 amide bonds. The summed E-state index contributed by atoms with van der Waals surface area (Å²) in [7, 11) is 0. The van der Waals surface area contributed by atoms with Gasteiger partial charge in [-0.05, 0) is 50.4 Å². The third kappa shape index (κ3) is 4.93. The molecule has 4 nitrogen and oxygen atoms in total. The molecule has 2 aliphatic heterocycles. The van der Waals surface area contributed by atoms with E-state index in [0.717, 1.165) is 25.4 Å². The molecule has 0 radical (unpaired) electrons. The number of hydrogen-bond donors (Lipinski definition) is 1. The van der Waals surface area contributed by atoms with E-state index in [9.17, 15) is 0 Å². The molecule has 2 aliphatic rings. The highest BCUT2D eigenvalue weighted by atomic mass is 16.3. The van der Waals surface area contributed by atoms with Gasteiger partial charge in [0.1, 0.15) is 0 Å². The lowest BCUT2D eigenvalue weighted by atomic mass is 9.94. The highest BCUT2D eigenvalue weighted by Crippen LogP contribution is 2.20. The van der Waals surface area contributed by atoms with Gasteiger partial charge >= 0.3 is 0 Å². The molecular weight excluding hydrogens is 286 g/mol. The zero-order valence-corrected chi connectivity index (χ0v) is 14.2. The van der Waals surface area contributed by atoms with Crippen molar-refractivity contribution in [3.8, 4) is 0 Å². The van der Waals surface area contributed by atoms with Gasteiger partial charge in [0.25, 0.3) is 0 Å². The topological polar surface area (TPSA) is 30.0 Å². The number of aliphatic hydroxyl groups is 1. The number of hydrogen-bond acceptors (Lipinski definition) is 4. The smallest absolute Gasteiger partial charge is 0.0433 e. The summed E-state index contributed by atoms with van der Waals surface area (Å²) in [5.41, 5.74) is 1.36. The van der Waals surface area contributed by atoms with Gasteiger partial charge in [-0.15, -0.1) is 0 Å². The Morgan fingerprint density at radius 3 is 2.04 bits per heavy atom. The Balaban J connectivity index is 1.34. The van der Waals surface area contributed by atoms with Crippen molar-refractivity contribution in [2.24, 2.45) is 5.92 Å². The SMILES string of the molecule is OCCC1CCN(CCN2CCN(c3ccccc3)CC2)CC1. The molecule has 0 saturated carbocycles. The molecule has 0 bridgehead atoms. The van der Waals surface area contributed by atoms with Gasteiger partial charge in [-0.25, -0.2) is 0 Å². The van der Waals surface area contributed by atoms with Gasteiger partial charge in [0.2, 0.25) is 0 Å². The molecule has 0 atom stereocenters. The molecule has 1 aromatic rings. The van der Waals surface area contributed by atoms with Gasteiger partial charge < -0.3 is 14.9 Å². The molecule has 2 fully saturated rings.